The quantitative estimate of drug-likeness (QED) is 0.916. The molecule has 0 saturated heterocycles. The molecular weight excluding hydrogens is 247 g/mol. The monoisotopic (exact) mass is 260 g/mol. The van der Waals surface area contributed by atoms with Gasteiger partial charge in [-0.1, -0.05) is 6.07 Å². The minimum Gasteiger partial charge on any atom is -0.496 e. The SMILES string of the molecule is COc1ccc(F)cc1CNC(=O)c1ccccn1. The second-order valence-corrected chi connectivity index (χ2v) is 3.85. The maximum atomic E-state index is 13.2. The molecule has 1 aromatic heterocycles. The lowest BCUT2D eigenvalue weighted by molar-refractivity contribution is 0.0945. The summed E-state index contributed by atoms with van der Waals surface area (Å²) in [4.78, 5) is 15.7. The number of nitrogens with zero attached hydrogens (tertiary/aromatic N) is 1. The summed E-state index contributed by atoms with van der Waals surface area (Å²) in [6.07, 6.45) is 1.54. The third-order valence-corrected chi connectivity index (χ3v) is 2.58. The molecule has 1 heterocycles. The number of rotatable bonds is 4. The van der Waals surface area contributed by atoms with Crippen LogP contribution in [0.3, 0.4) is 0 Å². The van der Waals surface area contributed by atoms with E-state index in [1.807, 2.05) is 0 Å². The Kier molecular flexibility index (Phi) is 4.07. The fourth-order valence-corrected chi connectivity index (χ4v) is 1.65. The van der Waals surface area contributed by atoms with Gasteiger partial charge in [0.2, 0.25) is 0 Å². The molecular formula is C14H13FN2O2. The third-order valence-electron chi connectivity index (χ3n) is 2.58. The minimum atomic E-state index is -0.372. The van der Waals surface area contributed by atoms with Crippen LogP contribution in [0.2, 0.25) is 0 Å². The van der Waals surface area contributed by atoms with E-state index in [1.165, 1.54) is 31.5 Å². The number of amides is 1. The number of aromatic nitrogens is 1. The summed E-state index contributed by atoms with van der Waals surface area (Å²) in [6.45, 7) is 0.177. The summed E-state index contributed by atoms with van der Waals surface area (Å²) >= 11 is 0. The molecule has 2 rings (SSSR count). The molecule has 5 heteroatoms. The van der Waals surface area contributed by atoms with Crippen molar-refractivity contribution in [1.29, 1.82) is 0 Å². The fourth-order valence-electron chi connectivity index (χ4n) is 1.65. The Balaban J connectivity index is 2.07. The van der Waals surface area contributed by atoms with Gasteiger partial charge in [-0.2, -0.15) is 0 Å². The normalized spacial score (nSPS) is 10.0. The molecule has 98 valence electrons. The van der Waals surface area contributed by atoms with Gasteiger partial charge in [-0.3, -0.25) is 9.78 Å². The van der Waals surface area contributed by atoms with E-state index in [9.17, 15) is 9.18 Å². The van der Waals surface area contributed by atoms with Gasteiger partial charge in [0.1, 0.15) is 17.3 Å². The lowest BCUT2D eigenvalue weighted by Crippen LogP contribution is -2.24. The van der Waals surface area contributed by atoms with E-state index >= 15 is 0 Å². The summed E-state index contributed by atoms with van der Waals surface area (Å²) < 4.78 is 18.3. The van der Waals surface area contributed by atoms with Crippen molar-refractivity contribution in [3.8, 4) is 5.75 Å². The van der Waals surface area contributed by atoms with Gasteiger partial charge in [-0.25, -0.2) is 4.39 Å². The molecule has 0 radical (unpaired) electrons. The Morgan fingerprint density at radius 2 is 2.21 bits per heavy atom. The van der Waals surface area contributed by atoms with E-state index < -0.39 is 0 Å². The van der Waals surface area contributed by atoms with Crippen molar-refractivity contribution in [2.75, 3.05) is 7.11 Å². The van der Waals surface area contributed by atoms with Crippen LogP contribution >= 0.6 is 0 Å². The number of pyridine rings is 1. The van der Waals surface area contributed by atoms with Crippen molar-refractivity contribution in [2.24, 2.45) is 0 Å². The van der Waals surface area contributed by atoms with Crippen molar-refractivity contribution >= 4 is 5.91 Å². The van der Waals surface area contributed by atoms with Crippen LogP contribution in [0.15, 0.2) is 42.6 Å². The lowest BCUT2D eigenvalue weighted by Gasteiger charge is -2.09. The Morgan fingerprint density at radius 3 is 2.89 bits per heavy atom. The standard InChI is InChI=1S/C14H13FN2O2/c1-19-13-6-5-11(15)8-10(13)9-17-14(18)12-4-2-3-7-16-12/h2-8H,9H2,1H3,(H,17,18). The number of ether oxygens (including phenoxy) is 1. The maximum Gasteiger partial charge on any atom is 0.270 e. The zero-order valence-corrected chi connectivity index (χ0v) is 10.4. The Labute approximate surface area is 110 Å². The van der Waals surface area contributed by atoms with Crippen molar-refractivity contribution in [3.05, 3.63) is 59.7 Å². The fraction of sp³-hybridized carbons (Fsp3) is 0.143. The van der Waals surface area contributed by atoms with Gasteiger partial charge in [0.25, 0.3) is 5.91 Å². The van der Waals surface area contributed by atoms with E-state index in [0.29, 0.717) is 17.0 Å². The molecule has 0 aliphatic heterocycles. The highest BCUT2D eigenvalue weighted by Gasteiger charge is 2.09. The van der Waals surface area contributed by atoms with Crippen LogP contribution in [0.1, 0.15) is 16.1 Å². The highest BCUT2D eigenvalue weighted by Crippen LogP contribution is 2.18. The minimum absolute atomic E-state index is 0.177. The molecule has 19 heavy (non-hydrogen) atoms. The molecule has 1 N–H and O–H groups in total. The Morgan fingerprint density at radius 1 is 1.37 bits per heavy atom. The molecule has 0 fully saturated rings. The van der Waals surface area contributed by atoms with E-state index in [2.05, 4.69) is 10.3 Å². The first-order chi connectivity index (χ1) is 9.20. The molecule has 1 amide bonds. The van der Waals surface area contributed by atoms with Crippen LogP contribution < -0.4 is 10.1 Å². The number of benzene rings is 1. The van der Waals surface area contributed by atoms with Gasteiger partial charge < -0.3 is 10.1 Å². The van der Waals surface area contributed by atoms with Crippen LogP contribution in [0.25, 0.3) is 0 Å². The van der Waals surface area contributed by atoms with Gasteiger partial charge in [0, 0.05) is 18.3 Å². The lowest BCUT2D eigenvalue weighted by atomic mass is 10.2. The summed E-state index contributed by atoms with van der Waals surface area (Å²) in [5.41, 5.74) is 0.893. The number of methoxy groups -OCH3 is 1. The Hall–Kier alpha value is -2.43. The number of nitrogens with one attached hydrogen (secondary N) is 1. The van der Waals surface area contributed by atoms with Crippen LogP contribution in [-0.4, -0.2) is 18.0 Å². The summed E-state index contributed by atoms with van der Waals surface area (Å²) in [7, 11) is 1.50. The molecule has 0 bridgehead atoms. The summed E-state index contributed by atoms with van der Waals surface area (Å²) in [5, 5.41) is 2.67. The van der Waals surface area contributed by atoms with Crippen LogP contribution in [0.4, 0.5) is 4.39 Å². The molecule has 1 aromatic carbocycles. The second-order valence-electron chi connectivity index (χ2n) is 3.85. The Bertz CT molecular complexity index is 573. The molecule has 0 saturated carbocycles. The molecule has 4 nitrogen and oxygen atoms in total. The molecule has 0 aliphatic rings. The van der Waals surface area contributed by atoms with E-state index in [-0.39, 0.29) is 18.3 Å². The van der Waals surface area contributed by atoms with Gasteiger partial charge in [0.15, 0.2) is 0 Å². The number of hydrogen-bond donors (Lipinski definition) is 1. The predicted molar refractivity (Wildman–Crippen MR) is 68.4 cm³/mol. The summed E-state index contributed by atoms with van der Waals surface area (Å²) in [6, 6.07) is 9.23. The topological polar surface area (TPSA) is 51.2 Å². The average Bonchev–Trinajstić information content (AvgIpc) is 2.46. The van der Waals surface area contributed by atoms with Crippen LogP contribution in [-0.2, 0) is 6.54 Å². The average molecular weight is 260 g/mol. The largest absolute Gasteiger partial charge is 0.496 e. The molecule has 2 aromatic rings. The van der Waals surface area contributed by atoms with E-state index in [0.717, 1.165) is 0 Å². The van der Waals surface area contributed by atoms with Gasteiger partial charge in [-0.15, -0.1) is 0 Å². The smallest absolute Gasteiger partial charge is 0.270 e. The van der Waals surface area contributed by atoms with E-state index in [4.69, 9.17) is 4.74 Å². The first-order valence-electron chi connectivity index (χ1n) is 5.72. The van der Waals surface area contributed by atoms with Crippen molar-refractivity contribution < 1.29 is 13.9 Å². The molecule has 0 unspecified atom stereocenters. The van der Waals surface area contributed by atoms with Gasteiger partial charge >= 0.3 is 0 Å². The molecule has 0 aliphatic carbocycles. The van der Waals surface area contributed by atoms with Crippen molar-refractivity contribution in [1.82, 2.24) is 10.3 Å². The van der Waals surface area contributed by atoms with Gasteiger partial charge in [0.05, 0.1) is 7.11 Å². The summed E-state index contributed by atoms with van der Waals surface area (Å²) in [5.74, 6) is -0.155. The number of carbonyl (C=O) groups is 1. The van der Waals surface area contributed by atoms with Crippen molar-refractivity contribution in [3.63, 3.8) is 0 Å². The van der Waals surface area contributed by atoms with E-state index in [1.54, 1.807) is 18.2 Å². The zero-order chi connectivity index (χ0) is 13.7. The van der Waals surface area contributed by atoms with Crippen LogP contribution in [0.5, 0.6) is 5.75 Å². The number of hydrogen-bond acceptors (Lipinski definition) is 3. The van der Waals surface area contributed by atoms with Gasteiger partial charge in [-0.05, 0) is 30.3 Å². The third kappa shape index (κ3) is 3.28. The highest BCUT2D eigenvalue weighted by molar-refractivity contribution is 5.92. The number of carbonyl (C=O) groups excluding carboxylic acids is 1. The maximum absolute atomic E-state index is 13.2. The van der Waals surface area contributed by atoms with Crippen LogP contribution in [0, 0.1) is 5.82 Å². The predicted octanol–water partition coefficient (Wildman–Crippen LogP) is 2.16. The molecule has 0 atom stereocenters. The first-order valence-corrected chi connectivity index (χ1v) is 5.72. The zero-order valence-electron chi connectivity index (χ0n) is 10.4. The number of halogens is 1. The first kappa shape index (κ1) is 13.0. The van der Waals surface area contributed by atoms with Crippen molar-refractivity contribution in [2.45, 2.75) is 6.54 Å². The molecule has 0 spiro atoms. The second kappa shape index (κ2) is 5.95. The highest BCUT2D eigenvalue weighted by atomic mass is 19.1.